The molecule has 0 bridgehead atoms. The summed E-state index contributed by atoms with van der Waals surface area (Å²) in [5.41, 5.74) is 1.60. The normalized spacial score (nSPS) is 19.8. The molecule has 0 saturated carbocycles. The Balaban J connectivity index is 1.95. The van der Waals surface area contributed by atoms with Crippen molar-refractivity contribution in [3.8, 4) is 0 Å². The smallest absolute Gasteiger partial charge is 0.329 e. The number of ether oxygens (including phenoxy) is 2. The van der Waals surface area contributed by atoms with Crippen LogP contribution in [0, 0.1) is 5.82 Å². The molecule has 1 fully saturated rings. The van der Waals surface area contributed by atoms with Crippen molar-refractivity contribution in [2.24, 2.45) is 0 Å². The molecule has 0 amide bonds. The molecule has 0 N–H and O–H groups in total. The molecule has 2 rings (SSSR count). The van der Waals surface area contributed by atoms with Crippen LogP contribution in [0.25, 0.3) is 0 Å². The largest absolute Gasteiger partial charge is 0.437 e. The van der Waals surface area contributed by atoms with Crippen LogP contribution in [0.4, 0.5) is 4.39 Å². The van der Waals surface area contributed by atoms with Crippen LogP contribution >= 0.6 is 0 Å². The molecule has 0 aliphatic carbocycles. The van der Waals surface area contributed by atoms with E-state index >= 15 is 0 Å². The summed E-state index contributed by atoms with van der Waals surface area (Å²) in [5, 5.41) is 0. The van der Waals surface area contributed by atoms with Crippen LogP contribution in [-0.2, 0) is 20.7 Å². The summed E-state index contributed by atoms with van der Waals surface area (Å²) in [7, 11) is 3.15. The van der Waals surface area contributed by atoms with E-state index in [9.17, 15) is 4.39 Å². The predicted molar refractivity (Wildman–Crippen MR) is 67.2 cm³/mol. The van der Waals surface area contributed by atoms with Crippen molar-refractivity contribution in [3.05, 3.63) is 29.6 Å². The zero-order valence-corrected chi connectivity index (χ0v) is 10.5. The van der Waals surface area contributed by atoms with E-state index in [2.05, 4.69) is 0 Å². The highest BCUT2D eigenvalue weighted by Gasteiger charge is 2.15. The van der Waals surface area contributed by atoms with Crippen molar-refractivity contribution in [2.75, 3.05) is 13.7 Å². The molecule has 1 atom stereocenters. The van der Waals surface area contributed by atoms with Crippen LogP contribution in [0.2, 0.25) is 0 Å². The van der Waals surface area contributed by atoms with Gasteiger partial charge >= 0.3 is 7.48 Å². The second-order valence-corrected chi connectivity index (χ2v) is 4.30. The summed E-state index contributed by atoms with van der Waals surface area (Å²) in [5.74, 6) is -0.272. The highest BCUT2D eigenvalue weighted by molar-refractivity contribution is 6.47. The number of rotatable bonds is 5. The van der Waals surface area contributed by atoms with Gasteiger partial charge in [-0.15, -0.1) is 0 Å². The molecule has 97 valence electrons. The summed E-state index contributed by atoms with van der Waals surface area (Å²) in [6.45, 7) is 1.07. The maximum absolute atomic E-state index is 13.2. The van der Waals surface area contributed by atoms with E-state index in [1.807, 2.05) is 0 Å². The van der Waals surface area contributed by atoms with E-state index in [1.165, 1.54) is 12.1 Å². The molecule has 0 aromatic heterocycles. The Morgan fingerprint density at radius 3 is 3.06 bits per heavy atom. The lowest BCUT2D eigenvalue weighted by Crippen LogP contribution is -2.26. The minimum Gasteiger partial charge on any atom is -0.437 e. The topological polar surface area (TPSA) is 27.7 Å². The van der Waals surface area contributed by atoms with Crippen LogP contribution in [0.3, 0.4) is 0 Å². The van der Waals surface area contributed by atoms with Crippen LogP contribution in [0.5, 0.6) is 0 Å². The van der Waals surface area contributed by atoms with E-state index in [1.54, 1.807) is 20.7 Å². The standard InChI is InChI=1S/C13H17BFO3/c1-16-14-12-6-5-11(15)8-10(12)9-18-13-4-2-3-7-17-13/h5-6,8,13H,2-4,7,9H2,1H3. The molecule has 5 heteroatoms. The monoisotopic (exact) mass is 251 g/mol. The molecule has 1 aromatic carbocycles. The highest BCUT2D eigenvalue weighted by Crippen LogP contribution is 2.15. The lowest BCUT2D eigenvalue weighted by atomic mass is 9.84. The van der Waals surface area contributed by atoms with Gasteiger partial charge in [0.25, 0.3) is 0 Å². The van der Waals surface area contributed by atoms with Gasteiger partial charge in [0.15, 0.2) is 6.29 Å². The van der Waals surface area contributed by atoms with Crippen molar-refractivity contribution >= 4 is 12.9 Å². The molecule has 1 aromatic rings. The molecule has 1 heterocycles. The first-order valence-corrected chi connectivity index (χ1v) is 6.17. The van der Waals surface area contributed by atoms with E-state index in [4.69, 9.17) is 14.1 Å². The molecule has 18 heavy (non-hydrogen) atoms. The number of hydrogen-bond acceptors (Lipinski definition) is 3. The minimum absolute atomic E-state index is 0.169. The molecular formula is C13H17BFO3. The fourth-order valence-corrected chi connectivity index (χ4v) is 1.97. The number of benzene rings is 1. The average molecular weight is 251 g/mol. The van der Waals surface area contributed by atoms with E-state index < -0.39 is 0 Å². The highest BCUT2D eigenvalue weighted by atomic mass is 19.1. The molecule has 1 aliphatic heterocycles. The van der Waals surface area contributed by atoms with Gasteiger partial charge in [-0.2, -0.15) is 0 Å². The first-order valence-electron chi connectivity index (χ1n) is 6.17. The van der Waals surface area contributed by atoms with Crippen molar-refractivity contribution < 1.29 is 18.5 Å². The van der Waals surface area contributed by atoms with Crippen LogP contribution in [-0.4, -0.2) is 27.5 Å². The molecule has 1 unspecified atom stereocenters. The van der Waals surface area contributed by atoms with E-state index in [0.29, 0.717) is 6.61 Å². The maximum Gasteiger partial charge on any atom is 0.329 e. The Hall–Kier alpha value is -0.905. The van der Waals surface area contributed by atoms with E-state index in [0.717, 1.165) is 36.9 Å². The van der Waals surface area contributed by atoms with Crippen molar-refractivity contribution in [2.45, 2.75) is 32.2 Å². The summed E-state index contributed by atoms with van der Waals surface area (Å²) in [6, 6.07) is 4.55. The third kappa shape index (κ3) is 3.80. The third-order valence-electron chi connectivity index (χ3n) is 2.91. The molecule has 1 radical (unpaired) electrons. The Kier molecular flexibility index (Phi) is 5.17. The van der Waals surface area contributed by atoms with Crippen LogP contribution < -0.4 is 5.46 Å². The molecule has 1 saturated heterocycles. The van der Waals surface area contributed by atoms with Gasteiger partial charge in [0.05, 0.1) is 6.61 Å². The van der Waals surface area contributed by atoms with Gasteiger partial charge in [-0.1, -0.05) is 6.07 Å². The van der Waals surface area contributed by atoms with Gasteiger partial charge in [0.1, 0.15) is 5.82 Å². The quantitative estimate of drug-likeness (QED) is 0.746. The first kappa shape index (κ1) is 13.5. The molecular weight excluding hydrogens is 234 g/mol. The second-order valence-electron chi connectivity index (χ2n) is 4.30. The lowest BCUT2D eigenvalue weighted by Gasteiger charge is -2.23. The van der Waals surface area contributed by atoms with Crippen molar-refractivity contribution in [3.63, 3.8) is 0 Å². The van der Waals surface area contributed by atoms with Crippen LogP contribution in [0.1, 0.15) is 24.8 Å². The Morgan fingerprint density at radius 2 is 2.33 bits per heavy atom. The SMILES string of the molecule is CO[B]c1ccc(F)cc1COC1CCCCO1. The minimum atomic E-state index is -0.272. The number of hydrogen-bond donors (Lipinski definition) is 0. The van der Waals surface area contributed by atoms with E-state index in [-0.39, 0.29) is 12.1 Å². The fourth-order valence-electron chi connectivity index (χ4n) is 1.97. The van der Waals surface area contributed by atoms with Gasteiger partial charge in [0.2, 0.25) is 0 Å². The van der Waals surface area contributed by atoms with Gasteiger partial charge in [0, 0.05) is 13.7 Å². The van der Waals surface area contributed by atoms with Crippen molar-refractivity contribution in [1.29, 1.82) is 0 Å². The van der Waals surface area contributed by atoms with Gasteiger partial charge < -0.3 is 14.1 Å². The summed E-state index contributed by atoms with van der Waals surface area (Å²) >= 11 is 0. The second kappa shape index (κ2) is 6.88. The third-order valence-corrected chi connectivity index (χ3v) is 2.91. The van der Waals surface area contributed by atoms with Gasteiger partial charge in [-0.25, -0.2) is 4.39 Å². The average Bonchev–Trinajstić information content (AvgIpc) is 2.40. The summed E-state index contributed by atoms with van der Waals surface area (Å²) in [6.07, 6.45) is 2.93. The van der Waals surface area contributed by atoms with Crippen molar-refractivity contribution in [1.82, 2.24) is 0 Å². The zero-order chi connectivity index (χ0) is 12.8. The Morgan fingerprint density at radius 1 is 1.44 bits per heavy atom. The van der Waals surface area contributed by atoms with Gasteiger partial charge in [-0.05, 0) is 42.4 Å². The fraction of sp³-hybridized carbons (Fsp3) is 0.538. The molecule has 0 spiro atoms. The predicted octanol–water partition coefficient (Wildman–Crippen LogP) is 1.76. The molecule has 1 aliphatic rings. The maximum atomic E-state index is 13.2. The zero-order valence-electron chi connectivity index (χ0n) is 10.5. The van der Waals surface area contributed by atoms with Gasteiger partial charge in [-0.3, -0.25) is 0 Å². The first-order chi connectivity index (χ1) is 8.79. The summed E-state index contributed by atoms with van der Waals surface area (Å²) < 4.78 is 29.3. The Bertz CT molecular complexity index is 380. The lowest BCUT2D eigenvalue weighted by molar-refractivity contribution is -0.168. The Labute approximate surface area is 108 Å². The number of halogens is 1. The molecule has 3 nitrogen and oxygen atoms in total. The summed E-state index contributed by atoms with van der Waals surface area (Å²) in [4.78, 5) is 0. The van der Waals surface area contributed by atoms with Crippen LogP contribution in [0.15, 0.2) is 18.2 Å².